The number of amides is 1. The zero-order valence-corrected chi connectivity index (χ0v) is 15.5. The van der Waals surface area contributed by atoms with Gasteiger partial charge in [-0.15, -0.1) is 0 Å². The van der Waals surface area contributed by atoms with Crippen molar-refractivity contribution < 1.29 is 28.3 Å². The molecular formula is C17H20FN2O5P. The SMILES string of the molecule is CC(C)(C)n1cc(Cc2ccccc2P(=O)(O)O)c(C(=O)C(N)=O)c1F. The van der Waals surface area contributed by atoms with Crippen LogP contribution in [0.1, 0.15) is 42.3 Å². The van der Waals surface area contributed by atoms with Gasteiger partial charge in [-0.25, -0.2) is 0 Å². The Morgan fingerprint density at radius 1 is 1.19 bits per heavy atom. The summed E-state index contributed by atoms with van der Waals surface area (Å²) in [5.74, 6) is -3.40. The van der Waals surface area contributed by atoms with E-state index in [1.807, 2.05) is 0 Å². The average Bonchev–Trinajstić information content (AvgIpc) is 2.82. The number of rotatable bonds is 5. The lowest BCUT2D eigenvalue weighted by Crippen LogP contribution is -2.27. The van der Waals surface area contributed by atoms with Gasteiger partial charge in [-0.05, 0) is 38.0 Å². The zero-order chi connectivity index (χ0) is 19.9. The third-order valence-electron chi connectivity index (χ3n) is 3.88. The molecule has 0 bridgehead atoms. The van der Waals surface area contributed by atoms with Crippen LogP contribution >= 0.6 is 7.60 Å². The molecule has 140 valence electrons. The van der Waals surface area contributed by atoms with E-state index in [1.54, 1.807) is 26.8 Å². The molecule has 1 aromatic carbocycles. The van der Waals surface area contributed by atoms with Crippen molar-refractivity contribution in [2.75, 3.05) is 0 Å². The molecule has 2 rings (SSSR count). The number of halogens is 1. The van der Waals surface area contributed by atoms with Gasteiger partial charge < -0.3 is 20.1 Å². The minimum Gasteiger partial charge on any atom is -0.363 e. The molecule has 0 atom stereocenters. The summed E-state index contributed by atoms with van der Waals surface area (Å²) in [6, 6.07) is 5.78. The van der Waals surface area contributed by atoms with Crippen molar-refractivity contribution in [1.29, 1.82) is 0 Å². The predicted molar refractivity (Wildman–Crippen MR) is 93.8 cm³/mol. The van der Waals surface area contributed by atoms with Crippen molar-refractivity contribution in [2.45, 2.75) is 32.7 Å². The molecule has 0 radical (unpaired) electrons. The number of hydrogen-bond donors (Lipinski definition) is 3. The number of nitrogens with two attached hydrogens (primary N) is 1. The zero-order valence-electron chi connectivity index (χ0n) is 14.6. The summed E-state index contributed by atoms with van der Waals surface area (Å²) >= 11 is 0. The van der Waals surface area contributed by atoms with E-state index < -0.39 is 36.3 Å². The summed E-state index contributed by atoms with van der Waals surface area (Å²) in [6.45, 7) is 5.13. The van der Waals surface area contributed by atoms with Gasteiger partial charge in [0.2, 0.25) is 5.95 Å². The highest BCUT2D eigenvalue weighted by molar-refractivity contribution is 7.60. The maximum atomic E-state index is 14.8. The maximum Gasteiger partial charge on any atom is 0.356 e. The van der Waals surface area contributed by atoms with Crippen molar-refractivity contribution in [3.05, 3.63) is 53.1 Å². The summed E-state index contributed by atoms with van der Waals surface area (Å²) in [4.78, 5) is 42.4. The number of carbonyl (C=O) groups excluding carboxylic acids is 2. The van der Waals surface area contributed by atoms with Crippen molar-refractivity contribution in [2.24, 2.45) is 5.73 Å². The Bertz CT molecular complexity index is 924. The summed E-state index contributed by atoms with van der Waals surface area (Å²) in [5, 5.41) is -0.221. The molecule has 0 aliphatic carbocycles. The van der Waals surface area contributed by atoms with Crippen molar-refractivity contribution in [3.63, 3.8) is 0 Å². The highest BCUT2D eigenvalue weighted by Crippen LogP contribution is 2.35. The third-order valence-corrected chi connectivity index (χ3v) is 4.95. The van der Waals surface area contributed by atoms with Crippen LogP contribution in [0.4, 0.5) is 4.39 Å². The van der Waals surface area contributed by atoms with Gasteiger partial charge in [0, 0.05) is 18.2 Å². The Morgan fingerprint density at radius 3 is 2.27 bits per heavy atom. The lowest BCUT2D eigenvalue weighted by Gasteiger charge is -2.21. The van der Waals surface area contributed by atoms with Crippen molar-refractivity contribution in [1.82, 2.24) is 4.57 Å². The highest BCUT2D eigenvalue weighted by atomic mass is 31.2. The number of Topliss-reactive ketones (excluding diaryl/α,β-unsaturated/α-hetero) is 1. The second kappa shape index (κ2) is 6.79. The molecule has 0 saturated carbocycles. The Balaban J connectivity index is 2.66. The molecule has 9 heteroatoms. The first kappa shape index (κ1) is 20.0. The first-order valence-electron chi connectivity index (χ1n) is 7.72. The highest BCUT2D eigenvalue weighted by Gasteiger charge is 2.30. The maximum absolute atomic E-state index is 14.8. The quantitative estimate of drug-likeness (QED) is 0.410. The minimum atomic E-state index is -4.57. The van der Waals surface area contributed by atoms with E-state index in [4.69, 9.17) is 5.73 Å². The lowest BCUT2D eigenvalue weighted by molar-refractivity contribution is -0.114. The van der Waals surface area contributed by atoms with E-state index in [0.29, 0.717) is 0 Å². The van der Waals surface area contributed by atoms with Crippen LogP contribution in [0.5, 0.6) is 0 Å². The van der Waals surface area contributed by atoms with Crippen molar-refractivity contribution in [3.8, 4) is 0 Å². The number of ketones is 1. The largest absolute Gasteiger partial charge is 0.363 e. The molecule has 1 aromatic heterocycles. The molecular weight excluding hydrogens is 362 g/mol. The van der Waals surface area contributed by atoms with Crippen LogP contribution in [0.15, 0.2) is 30.5 Å². The van der Waals surface area contributed by atoms with E-state index in [9.17, 15) is 28.3 Å². The molecule has 0 spiro atoms. The van der Waals surface area contributed by atoms with Crippen LogP contribution in [-0.2, 0) is 21.3 Å². The van der Waals surface area contributed by atoms with Gasteiger partial charge >= 0.3 is 7.60 Å². The van der Waals surface area contributed by atoms with Gasteiger partial charge in [0.15, 0.2) is 0 Å². The molecule has 0 aliphatic rings. The first-order valence-corrected chi connectivity index (χ1v) is 9.33. The van der Waals surface area contributed by atoms with Crippen LogP contribution in [0.2, 0.25) is 0 Å². The van der Waals surface area contributed by atoms with Crippen LogP contribution in [-0.4, -0.2) is 26.0 Å². The standard InChI is InChI=1S/C17H20FN2O5P/c1-17(2,3)20-9-11(13(15(20)18)14(21)16(19)22)8-10-6-4-5-7-12(10)26(23,24)25/h4-7,9H,8H2,1-3H3,(H2,19,22)(H2,23,24,25). The fraction of sp³-hybridized carbons (Fsp3) is 0.294. The Morgan fingerprint density at radius 2 is 1.77 bits per heavy atom. The van der Waals surface area contributed by atoms with Gasteiger partial charge in [-0.2, -0.15) is 4.39 Å². The van der Waals surface area contributed by atoms with Crippen LogP contribution < -0.4 is 11.0 Å². The fourth-order valence-corrected chi connectivity index (χ4v) is 3.47. The molecule has 0 fully saturated rings. The van der Waals surface area contributed by atoms with E-state index >= 15 is 0 Å². The summed E-state index contributed by atoms with van der Waals surface area (Å²) in [7, 11) is -4.57. The van der Waals surface area contributed by atoms with Crippen LogP contribution in [0, 0.1) is 5.95 Å². The predicted octanol–water partition coefficient (Wildman–Crippen LogP) is 1.44. The molecule has 1 heterocycles. The number of carbonyl (C=O) groups is 2. The van der Waals surface area contributed by atoms with Crippen LogP contribution in [0.25, 0.3) is 0 Å². The van der Waals surface area contributed by atoms with Crippen molar-refractivity contribution >= 4 is 24.6 Å². The average molecular weight is 382 g/mol. The normalized spacial score (nSPS) is 12.2. The minimum absolute atomic E-state index is 0.127. The number of nitrogens with zero attached hydrogens (tertiary/aromatic N) is 1. The van der Waals surface area contributed by atoms with E-state index in [1.165, 1.54) is 29.0 Å². The lowest BCUT2D eigenvalue weighted by atomic mass is 10.0. The Kier molecular flexibility index (Phi) is 5.24. The Labute approximate surface area is 149 Å². The smallest absolute Gasteiger partial charge is 0.356 e. The number of hydrogen-bond acceptors (Lipinski definition) is 3. The molecule has 26 heavy (non-hydrogen) atoms. The summed E-state index contributed by atoms with van der Waals surface area (Å²) in [5.41, 5.74) is 4.18. The molecule has 1 amide bonds. The number of benzene rings is 1. The molecule has 0 saturated heterocycles. The Hall–Kier alpha value is -2.28. The number of aromatic nitrogens is 1. The topological polar surface area (TPSA) is 123 Å². The molecule has 4 N–H and O–H groups in total. The molecule has 0 aliphatic heterocycles. The summed E-state index contributed by atoms with van der Waals surface area (Å²) < 4.78 is 27.7. The van der Waals surface area contributed by atoms with E-state index in [-0.39, 0.29) is 22.9 Å². The summed E-state index contributed by atoms with van der Waals surface area (Å²) in [6.07, 6.45) is 1.22. The second-order valence-electron chi connectivity index (χ2n) is 6.90. The van der Waals surface area contributed by atoms with Gasteiger partial charge in [0.05, 0.1) is 10.9 Å². The van der Waals surface area contributed by atoms with Gasteiger partial charge in [-0.3, -0.25) is 14.2 Å². The van der Waals surface area contributed by atoms with Crippen LogP contribution in [0.3, 0.4) is 0 Å². The van der Waals surface area contributed by atoms with Gasteiger partial charge in [0.25, 0.3) is 11.7 Å². The van der Waals surface area contributed by atoms with E-state index in [0.717, 1.165) is 0 Å². The molecule has 0 unspecified atom stereocenters. The molecule has 2 aromatic rings. The van der Waals surface area contributed by atoms with Gasteiger partial charge in [-0.1, -0.05) is 18.2 Å². The van der Waals surface area contributed by atoms with E-state index in [2.05, 4.69) is 0 Å². The first-order chi connectivity index (χ1) is 11.8. The second-order valence-corrected chi connectivity index (χ2v) is 8.47. The number of primary amides is 1. The van der Waals surface area contributed by atoms with Gasteiger partial charge in [0.1, 0.15) is 0 Å². The third kappa shape index (κ3) is 3.93. The molecule has 7 nitrogen and oxygen atoms in total. The fourth-order valence-electron chi connectivity index (χ4n) is 2.66. The monoisotopic (exact) mass is 382 g/mol.